The summed E-state index contributed by atoms with van der Waals surface area (Å²) in [6.45, 7) is 2.56. The molecular formula is C19H19F3N6O. The molecule has 7 nitrogen and oxygen atoms in total. The van der Waals surface area contributed by atoms with Gasteiger partial charge in [0.15, 0.2) is 0 Å². The van der Waals surface area contributed by atoms with Crippen LogP contribution in [0.2, 0.25) is 0 Å². The maximum absolute atomic E-state index is 13.4. The fourth-order valence-electron chi connectivity index (χ4n) is 2.75. The molecule has 152 valence electrons. The first-order valence-corrected chi connectivity index (χ1v) is 8.76. The first-order chi connectivity index (χ1) is 13.8. The summed E-state index contributed by atoms with van der Waals surface area (Å²) in [6, 6.07) is 7.72. The van der Waals surface area contributed by atoms with Gasteiger partial charge in [-0.05, 0) is 18.6 Å². The molecule has 0 saturated carbocycles. The topological polar surface area (TPSA) is 97.9 Å². The Morgan fingerprint density at radius 2 is 2.00 bits per heavy atom. The second-order valence-electron chi connectivity index (χ2n) is 6.20. The van der Waals surface area contributed by atoms with Crippen LogP contribution in [0.1, 0.15) is 28.4 Å². The summed E-state index contributed by atoms with van der Waals surface area (Å²) in [5.74, 6) is -0.428. The Labute approximate surface area is 164 Å². The molecule has 29 heavy (non-hydrogen) atoms. The van der Waals surface area contributed by atoms with Crippen molar-refractivity contribution in [3.8, 4) is 0 Å². The minimum Gasteiger partial charge on any atom is -0.380 e. The van der Waals surface area contributed by atoms with Crippen LogP contribution in [-0.2, 0) is 19.3 Å². The van der Waals surface area contributed by atoms with Gasteiger partial charge >= 0.3 is 6.18 Å². The number of carbonyl (C=O) groups excluding carboxylic acids is 1. The van der Waals surface area contributed by atoms with E-state index in [1.165, 1.54) is 12.1 Å². The van der Waals surface area contributed by atoms with Gasteiger partial charge in [0.05, 0.1) is 23.1 Å². The zero-order chi connectivity index (χ0) is 21.0. The number of anilines is 3. The largest absolute Gasteiger partial charge is 0.419 e. The van der Waals surface area contributed by atoms with Gasteiger partial charge < -0.3 is 16.4 Å². The van der Waals surface area contributed by atoms with Crippen LogP contribution < -0.4 is 16.4 Å². The maximum atomic E-state index is 13.4. The zero-order valence-electron chi connectivity index (χ0n) is 15.5. The smallest absolute Gasteiger partial charge is 0.380 e. The fourth-order valence-corrected chi connectivity index (χ4v) is 2.75. The van der Waals surface area contributed by atoms with E-state index in [1.807, 2.05) is 6.92 Å². The van der Waals surface area contributed by atoms with Gasteiger partial charge in [-0.25, -0.2) is 4.98 Å². The SMILES string of the molecule is CCn1cc(Nc2cc(NCc3ccccc3C(N)=O)c(C(F)(F)F)cn2)cn1. The van der Waals surface area contributed by atoms with E-state index in [9.17, 15) is 18.0 Å². The Morgan fingerprint density at radius 1 is 1.24 bits per heavy atom. The molecule has 0 saturated heterocycles. The second-order valence-corrected chi connectivity index (χ2v) is 6.20. The Bertz CT molecular complexity index is 1020. The van der Waals surface area contributed by atoms with Crippen LogP contribution in [0, 0.1) is 0 Å². The highest BCUT2D eigenvalue weighted by atomic mass is 19.4. The van der Waals surface area contributed by atoms with Gasteiger partial charge in [0.2, 0.25) is 5.91 Å². The van der Waals surface area contributed by atoms with Gasteiger partial charge in [0.25, 0.3) is 0 Å². The van der Waals surface area contributed by atoms with Crippen LogP contribution in [0.5, 0.6) is 0 Å². The molecule has 1 aromatic carbocycles. The molecule has 0 bridgehead atoms. The summed E-state index contributed by atoms with van der Waals surface area (Å²) < 4.78 is 41.9. The molecular weight excluding hydrogens is 385 g/mol. The number of carbonyl (C=O) groups is 1. The number of primary amides is 1. The molecule has 3 rings (SSSR count). The summed E-state index contributed by atoms with van der Waals surface area (Å²) in [5.41, 5.74) is 5.58. The quantitative estimate of drug-likeness (QED) is 0.557. The van der Waals surface area contributed by atoms with Crippen molar-refractivity contribution in [1.29, 1.82) is 0 Å². The lowest BCUT2D eigenvalue weighted by molar-refractivity contribution is -0.137. The van der Waals surface area contributed by atoms with Gasteiger partial charge in [-0.3, -0.25) is 9.48 Å². The van der Waals surface area contributed by atoms with E-state index >= 15 is 0 Å². The minimum absolute atomic E-state index is 0.0145. The summed E-state index contributed by atoms with van der Waals surface area (Å²) in [5, 5.41) is 9.77. The van der Waals surface area contributed by atoms with E-state index in [4.69, 9.17) is 5.73 Å². The highest BCUT2D eigenvalue weighted by molar-refractivity contribution is 5.94. The van der Waals surface area contributed by atoms with Crippen molar-refractivity contribution in [2.24, 2.45) is 5.73 Å². The molecule has 10 heteroatoms. The molecule has 0 fully saturated rings. The first-order valence-electron chi connectivity index (χ1n) is 8.76. The number of aryl methyl sites for hydroxylation is 1. The number of amides is 1. The highest BCUT2D eigenvalue weighted by Gasteiger charge is 2.34. The molecule has 3 aromatic rings. The van der Waals surface area contributed by atoms with Crippen molar-refractivity contribution >= 4 is 23.1 Å². The molecule has 0 atom stereocenters. The van der Waals surface area contributed by atoms with Crippen LogP contribution in [0.15, 0.2) is 48.9 Å². The van der Waals surface area contributed by atoms with E-state index < -0.39 is 17.6 Å². The molecule has 0 spiro atoms. The van der Waals surface area contributed by atoms with Crippen molar-refractivity contribution in [1.82, 2.24) is 14.8 Å². The molecule has 0 aliphatic rings. The number of aromatic nitrogens is 3. The van der Waals surface area contributed by atoms with Crippen molar-refractivity contribution in [3.05, 3.63) is 65.6 Å². The molecule has 0 aliphatic carbocycles. The van der Waals surface area contributed by atoms with Crippen molar-refractivity contribution < 1.29 is 18.0 Å². The zero-order valence-corrected chi connectivity index (χ0v) is 15.5. The average molecular weight is 404 g/mol. The fraction of sp³-hybridized carbons (Fsp3) is 0.211. The third-order valence-corrected chi connectivity index (χ3v) is 4.19. The highest BCUT2D eigenvalue weighted by Crippen LogP contribution is 2.36. The van der Waals surface area contributed by atoms with E-state index in [2.05, 4.69) is 20.7 Å². The summed E-state index contributed by atoms with van der Waals surface area (Å²) in [7, 11) is 0. The number of nitrogens with zero attached hydrogens (tertiary/aromatic N) is 3. The van der Waals surface area contributed by atoms with Crippen molar-refractivity contribution in [2.75, 3.05) is 10.6 Å². The van der Waals surface area contributed by atoms with E-state index in [0.717, 1.165) is 6.20 Å². The number of benzene rings is 1. The number of halogens is 3. The molecule has 2 aromatic heterocycles. The average Bonchev–Trinajstić information content (AvgIpc) is 3.13. The Morgan fingerprint density at radius 3 is 2.66 bits per heavy atom. The Balaban J connectivity index is 1.87. The minimum atomic E-state index is -4.59. The number of rotatable bonds is 7. The Kier molecular flexibility index (Phi) is 5.71. The van der Waals surface area contributed by atoms with E-state index in [0.29, 0.717) is 17.8 Å². The molecule has 0 aliphatic heterocycles. The van der Waals surface area contributed by atoms with Crippen molar-refractivity contribution in [3.63, 3.8) is 0 Å². The third kappa shape index (κ3) is 4.84. The summed E-state index contributed by atoms with van der Waals surface area (Å²) in [4.78, 5) is 15.4. The predicted octanol–water partition coefficient (Wildman–Crippen LogP) is 3.77. The van der Waals surface area contributed by atoms with E-state index in [-0.39, 0.29) is 23.6 Å². The van der Waals surface area contributed by atoms with Crippen molar-refractivity contribution in [2.45, 2.75) is 26.2 Å². The lowest BCUT2D eigenvalue weighted by Gasteiger charge is -2.16. The number of alkyl halides is 3. The van der Waals surface area contributed by atoms with Gasteiger partial charge in [0.1, 0.15) is 5.82 Å². The lowest BCUT2D eigenvalue weighted by Crippen LogP contribution is -2.16. The van der Waals surface area contributed by atoms with E-state index in [1.54, 1.807) is 35.3 Å². The number of pyridine rings is 1. The van der Waals surface area contributed by atoms with Gasteiger partial charge in [-0.1, -0.05) is 18.2 Å². The van der Waals surface area contributed by atoms with Crippen LogP contribution in [-0.4, -0.2) is 20.7 Å². The molecule has 0 unspecified atom stereocenters. The van der Waals surface area contributed by atoms with Gasteiger partial charge in [-0.15, -0.1) is 0 Å². The maximum Gasteiger partial charge on any atom is 0.419 e. The third-order valence-electron chi connectivity index (χ3n) is 4.19. The van der Waals surface area contributed by atoms with Gasteiger partial charge in [-0.2, -0.15) is 18.3 Å². The summed E-state index contributed by atoms with van der Waals surface area (Å²) in [6.07, 6.45) is -0.562. The monoisotopic (exact) mass is 404 g/mol. The predicted molar refractivity (Wildman–Crippen MR) is 103 cm³/mol. The lowest BCUT2D eigenvalue weighted by atomic mass is 10.1. The second kappa shape index (κ2) is 8.21. The molecule has 1 amide bonds. The Hall–Kier alpha value is -3.56. The number of hydrogen-bond acceptors (Lipinski definition) is 5. The standard InChI is InChI=1S/C19H19F3N6O/c1-2-28-11-13(9-26-28)27-17-7-16(15(10-25-17)19(20,21)22)24-8-12-5-3-4-6-14(12)18(23)29/h3-7,9-11H,2,8H2,1H3,(H2,23,29)(H2,24,25,27). The number of hydrogen-bond donors (Lipinski definition) is 3. The number of nitrogens with one attached hydrogen (secondary N) is 2. The normalized spacial score (nSPS) is 11.3. The number of nitrogens with two attached hydrogens (primary N) is 1. The van der Waals surface area contributed by atoms with Crippen LogP contribution in [0.3, 0.4) is 0 Å². The molecule has 0 radical (unpaired) electrons. The molecule has 2 heterocycles. The first kappa shape index (κ1) is 20.2. The van der Waals surface area contributed by atoms with Crippen LogP contribution in [0.4, 0.5) is 30.4 Å². The summed E-state index contributed by atoms with van der Waals surface area (Å²) >= 11 is 0. The van der Waals surface area contributed by atoms with Crippen LogP contribution in [0.25, 0.3) is 0 Å². The molecule has 4 N–H and O–H groups in total. The van der Waals surface area contributed by atoms with Gasteiger partial charge in [0, 0.05) is 37.1 Å². The van der Waals surface area contributed by atoms with Crippen LogP contribution >= 0.6 is 0 Å².